The molecule has 27 heavy (non-hydrogen) atoms. The summed E-state index contributed by atoms with van der Waals surface area (Å²) in [6.07, 6.45) is 2.11. The van der Waals surface area contributed by atoms with Gasteiger partial charge in [-0.2, -0.15) is 0 Å². The van der Waals surface area contributed by atoms with Gasteiger partial charge in [-0.1, -0.05) is 91.0 Å². The van der Waals surface area contributed by atoms with Crippen molar-refractivity contribution in [1.29, 1.82) is 0 Å². The van der Waals surface area contributed by atoms with Crippen LogP contribution in [0.4, 0.5) is 5.69 Å². The molecular formula is C26H25N. The van der Waals surface area contributed by atoms with E-state index in [4.69, 9.17) is 5.73 Å². The highest BCUT2D eigenvalue weighted by Gasteiger charge is 2.04. The molecule has 134 valence electrons. The Balaban J connectivity index is 0.000000177. The lowest BCUT2D eigenvalue weighted by atomic mass is 9.98. The van der Waals surface area contributed by atoms with E-state index in [2.05, 4.69) is 85.8 Å². The minimum atomic E-state index is 0.823. The first-order chi connectivity index (χ1) is 13.2. The van der Waals surface area contributed by atoms with Crippen molar-refractivity contribution in [2.75, 3.05) is 5.73 Å². The van der Waals surface area contributed by atoms with E-state index in [-0.39, 0.29) is 0 Å². The molecule has 4 rings (SSSR count). The molecule has 0 aliphatic rings. The highest BCUT2D eigenvalue weighted by atomic mass is 14.6. The van der Waals surface area contributed by atoms with Crippen LogP contribution in [0.1, 0.15) is 19.4 Å². The third kappa shape index (κ3) is 4.65. The highest BCUT2D eigenvalue weighted by Crippen LogP contribution is 2.29. The van der Waals surface area contributed by atoms with E-state index in [1.807, 2.05) is 31.2 Å². The Bertz CT molecular complexity index is 980. The number of fused-ring (bicyclic) bond motifs is 1. The van der Waals surface area contributed by atoms with Crippen LogP contribution in [0.5, 0.6) is 0 Å². The van der Waals surface area contributed by atoms with Crippen molar-refractivity contribution >= 4 is 22.0 Å². The van der Waals surface area contributed by atoms with Crippen molar-refractivity contribution in [3.05, 3.63) is 109 Å². The van der Waals surface area contributed by atoms with E-state index in [1.54, 1.807) is 0 Å². The van der Waals surface area contributed by atoms with Crippen LogP contribution >= 0.6 is 0 Å². The molecule has 0 unspecified atom stereocenters. The Morgan fingerprint density at radius 1 is 0.704 bits per heavy atom. The van der Waals surface area contributed by atoms with Crippen LogP contribution in [0.25, 0.3) is 27.5 Å². The van der Waals surface area contributed by atoms with E-state index in [0.717, 1.165) is 16.8 Å². The Morgan fingerprint density at radius 2 is 1.22 bits per heavy atom. The van der Waals surface area contributed by atoms with Gasteiger partial charge in [0.1, 0.15) is 0 Å². The van der Waals surface area contributed by atoms with E-state index in [9.17, 15) is 0 Å². The van der Waals surface area contributed by atoms with Crippen LogP contribution in [0.15, 0.2) is 103 Å². The van der Waals surface area contributed by atoms with Crippen LogP contribution < -0.4 is 5.73 Å². The maximum absolute atomic E-state index is 6.04. The Labute approximate surface area is 161 Å². The molecule has 1 heteroatoms. The lowest BCUT2D eigenvalue weighted by Gasteiger charge is -2.09. The fraction of sp³-hybridized carbons (Fsp3) is 0.0769. The minimum absolute atomic E-state index is 0.823. The molecule has 0 saturated carbocycles. The Kier molecular flexibility index (Phi) is 6.06. The van der Waals surface area contributed by atoms with Crippen LogP contribution in [0.3, 0.4) is 0 Å². The number of nitrogen functional groups attached to an aromatic ring is 1. The summed E-state index contributed by atoms with van der Waals surface area (Å²) < 4.78 is 0. The smallest absolute Gasteiger partial charge is 0.0394 e. The number of hydrogen-bond donors (Lipinski definition) is 1. The molecule has 4 aromatic rings. The third-order valence-electron chi connectivity index (χ3n) is 4.69. The molecule has 0 atom stereocenters. The standard InChI is InChI=1S/C16H17N.C10H8/c1-3-12(2)14-9-10-16(17)15(11-14)13-7-5-4-6-8-13;1-2-6-10-8-4-3-7-9(10)5-1/h3-11H,17H2,1-2H3;1-8H/b12-3+;. The zero-order chi connectivity index (χ0) is 19.1. The summed E-state index contributed by atoms with van der Waals surface area (Å²) in [5, 5.41) is 2.62. The summed E-state index contributed by atoms with van der Waals surface area (Å²) >= 11 is 0. The Morgan fingerprint density at radius 3 is 1.74 bits per heavy atom. The zero-order valence-electron chi connectivity index (χ0n) is 15.9. The molecule has 1 nitrogen and oxygen atoms in total. The monoisotopic (exact) mass is 351 g/mol. The summed E-state index contributed by atoms with van der Waals surface area (Å²) in [6, 6.07) is 33.2. The van der Waals surface area contributed by atoms with Gasteiger partial charge in [0.25, 0.3) is 0 Å². The Hall–Kier alpha value is -3.32. The molecule has 0 aliphatic carbocycles. The molecule has 0 radical (unpaired) electrons. The van der Waals surface area contributed by atoms with Crippen molar-refractivity contribution < 1.29 is 0 Å². The van der Waals surface area contributed by atoms with E-state index in [1.165, 1.54) is 21.9 Å². The predicted octanol–water partition coefficient (Wildman–Crippen LogP) is 7.20. The van der Waals surface area contributed by atoms with Gasteiger partial charge in [0, 0.05) is 11.3 Å². The van der Waals surface area contributed by atoms with Crippen LogP contribution in [0.2, 0.25) is 0 Å². The SMILES string of the molecule is C/C=C(\C)c1ccc(N)c(-c2ccccc2)c1.c1ccc2ccccc2c1. The molecule has 0 fully saturated rings. The summed E-state index contributed by atoms with van der Waals surface area (Å²) in [4.78, 5) is 0. The van der Waals surface area contributed by atoms with Crippen molar-refractivity contribution in [3.8, 4) is 11.1 Å². The summed E-state index contributed by atoms with van der Waals surface area (Å²) in [6.45, 7) is 4.16. The third-order valence-corrected chi connectivity index (χ3v) is 4.69. The predicted molar refractivity (Wildman–Crippen MR) is 120 cm³/mol. The summed E-state index contributed by atoms with van der Waals surface area (Å²) in [5.74, 6) is 0. The topological polar surface area (TPSA) is 26.0 Å². The van der Waals surface area contributed by atoms with Crippen LogP contribution in [0, 0.1) is 0 Å². The first-order valence-electron chi connectivity index (χ1n) is 9.21. The van der Waals surface area contributed by atoms with Gasteiger partial charge >= 0.3 is 0 Å². The van der Waals surface area contributed by atoms with Gasteiger partial charge in [0.15, 0.2) is 0 Å². The van der Waals surface area contributed by atoms with Gasteiger partial charge in [-0.25, -0.2) is 0 Å². The molecular weight excluding hydrogens is 326 g/mol. The average Bonchev–Trinajstić information content (AvgIpc) is 2.75. The molecule has 0 saturated heterocycles. The highest BCUT2D eigenvalue weighted by molar-refractivity contribution is 5.82. The molecule has 2 N–H and O–H groups in total. The second-order valence-electron chi connectivity index (χ2n) is 6.49. The quantitative estimate of drug-likeness (QED) is 0.380. The number of benzene rings is 4. The number of anilines is 1. The van der Waals surface area contributed by atoms with Crippen molar-refractivity contribution in [2.24, 2.45) is 0 Å². The first-order valence-corrected chi connectivity index (χ1v) is 9.21. The number of rotatable bonds is 2. The minimum Gasteiger partial charge on any atom is -0.398 e. The van der Waals surface area contributed by atoms with E-state index >= 15 is 0 Å². The van der Waals surface area contributed by atoms with Gasteiger partial charge in [-0.05, 0) is 53.5 Å². The number of nitrogens with two attached hydrogens (primary N) is 1. The van der Waals surface area contributed by atoms with Crippen molar-refractivity contribution in [1.82, 2.24) is 0 Å². The first kappa shape index (κ1) is 18.5. The summed E-state index contributed by atoms with van der Waals surface area (Å²) in [7, 11) is 0. The maximum atomic E-state index is 6.04. The zero-order valence-corrected chi connectivity index (χ0v) is 15.9. The molecule has 0 amide bonds. The van der Waals surface area contributed by atoms with Crippen molar-refractivity contribution in [2.45, 2.75) is 13.8 Å². The largest absolute Gasteiger partial charge is 0.398 e. The van der Waals surface area contributed by atoms with Gasteiger partial charge in [0.2, 0.25) is 0 Å². The lowest BCUT2D eigenvalue weighted by molar-refractivity contribution is 1.52. The van der Waals surface area contributed by atoms with Gasteiger partial charge in [-0.3, -0.25) is 0 Å². The average molecular weight is 351 g/mol. The second-order valence-corrected chi connectivity index (χ2v) is 6.49. The lowest BCUT2D eigenvalue weighted by Crippen LogP contribution is -1.91. The van der Waals surface area contributed by atoms with Crippen molar-refractivity contribution in [3.63, 3.8) is 0 Å². The second kappa shape index (κ2) is 8.86. The molecule has 0 aliphatic heterocycles. The summed E-state index contributed by atoms with van der Waals surface area (Å²) in [5.41, 5.74) is 11.6. The van der Waals surface area contributed by atoms with E-state index in [0.29, 0.717) is 0 Å². The molecule has 0 bridgehead atoms. The van der Waals surface area contributed by atoms with Crippen LogP contribution in [-0.2, 0) is 0 Å². The molecule has 0 heterocycles. The van der Waals surface area contributed by atoms with Crippen LogP contribution in [-0.4, -0.2) is 0 Å². The van der Waals surface area contributed by atoms with Gasteiger partial charge < -0.3 is 5.73 Å². The number of allylic oxidation sites excluding steroid dienone is 2. The number of hydrogen-bond acceptors (Lipinski definition) is 1. The normalized spacial score (nSPS) is 11.0. The fourth-order valence-corrected chi connectivity index (χ4v) is 2.97. The molecule has 4 aromatic carbocycles. The fourth-order valence-electron chi connectivity index (χ4n) is 2.97. The maximum Gasteiger partial charge on any atom is 0.0394 e. The van der Waals surface area contributed by atoms with Gasteiger partial charge in [0.05, 0.1) is 0 Å². The van der Waals surface area contributed by atoms with E-state index < -0.39 is 0 Å². The molecule has 0 aromatic heterocycles. The molecule has 0 spiro atoms. The van der Waals surface area contributed by atoms with Gasteiger partial charge in [-0.15, -0.1) is 0 Å².